The fourth-order valence-corrected chi connectivity index (χ4v) is 2.69. The molecule has 0 radical (unpaired) electrons. The molecule has 1 saturated carbocycles. The van der Waals surface area contributed by atoms with Crippen molar-refractivity contribution in [2.75, 3.05) is 12.3 Å². The molecule has 1 rings (SSSR count). The predicted octanol–water partition coefficient (Wildman–Crippen LogP) is 0.932. The van der Waals surface area contributed by atoms with Crippen LogP contribution in [0.15, 0.2) is 0 Å². The molecular weight excluding hydrogens is 174 g/mol. The van der Waals surface area contributed by atoms with E-state index < -0.39 is 5.97 Å². The highest BCUT2D eigenvalue weighted by Crippen LogP contribution is 2.37. The van der Waals surface area contributed by atoms with E-state index in [-0.39, 0.29) is 5.92 Å². The van der Waals surface area contributed by atoms with Crippen molar-refractivity contribution in [3.05, 3.63) is 0 Å². The summed E-state index contributed by atoms with van der Waals surface area (Å²) in [6.07, 6.45) is 2.91. The molecule has 1 aliphatic rings. The van der Waals surface area contributed by atoms with E-state index in [1.165, 1.54) is 0 Å². The second kappa shape index (κ2) is 4.72. The highest BCUT2D eigenvalue weighted by Gasteiger charge is 2.36. The molecule has 0 aromatic heterocycles. The monoisotopic (exact) mass is 189 g/mol. The average Bonchev–Trinajstić information content (AvgIpc) is 1.94. The Balaban J connectivity index is 2.12. The molecule has 0 spiro atoms. The van der Waals surface area contributed by atoms with Crippen LogP contribution >= 0.6 is 11.8 Å². The molecule has 1 aliphatic carbocycles. The van der Waals surface area contributed by atoms with Gasteiger partial charge in [-0.2, -0.15) is 11.8 Å². The van der Waals surface area contributed by atoms with Gasteiger partial charge in [-0.15, -0.1) is 0 Å². The zero-order valence-corrected chi connectivity index (χ0v) is 7.85. The fourth-order valence-electron chi connectivity index (χ4n) is 1.27. The summed E-state index contributed by atoms with van der Waals surface area (Å²) in [5, 5.41) is 9.08. The number of aliphatic carboxylic acids is 1. The van der Waals surface area contributed by atoms with Crippen LogP contribution in [0.5, 0.6) is 0 Å². The zero-order chi connectivity index (χ0) is 8.97. The molecule has 3 nitrogen and oxygen atoms in total. The van der Waals surface area contributed by atoms with Gasteiger partial charge >= 0.3 is 5.97 Å². The molecule has 1 fully saturated rings. The van der Waals surface area contributed by atoms with Crippen molar-refractivity contribution in [1.82, 2.24) is 0 Å². The van der Waals surface area contributed by atoms with Crippen molar-refractivity contribution in [3.63, 3.8) is 0 Å². The molecule has 0 amide bonds. The Morgan fingerprint density at radius 2 is 2.33 bits per heavy atom. The molecule has 0 aromatic carbocycles. The highest BCUT2D eigenvalue weighted by molar-refractivity contribution is 8.00. The molecule has 0 aromatic rings. The normalized spacial score (nSPS) is 28.1. The Morgan fingerprint density at radius 3 is 2.75 bits per heavy atom. The predicted molar refractivity (Wildman–Crippen MR) is 50.3 cm³/mol. The second-order valence-corrected chi connectivity index (χ2v) is 4.42. The third-order valence-electron chi connectivity index (χ3n) is 2.21. The number of carbonyl (C=O) groups is 1. The van der Waals surface area contributed by atoms with Crippen LogP contribution in [0.4, 0.5) is 0 Å². The van der Waals surface area contributed by atoms with Crippen LogP contribution in [-0.2, 0) is 4.79 Å². The summed E-state index contributed by atoms with van der Waals surface area (Å²) in [4.78, 5) is 10.6. The first kappa shape index (κ1) is 9.86. The SMILES string of the molecule is NCCCSC1CCC1C(=O)O. The molecule has 0 saturated heterocycles. The summed E-state index contributed by atoms with van der Waals surface area (Å²) in [6.45, 7) is 0.706. The molecule has 3 N–H and O–H groups in total. The van der Waals surface area contributed by atoms with Crippen molar-refractivity contribution in [2.24, 2.45) is 11.7 Å². The summed E-state index contributed by atoms with van der Waals surface area (Å²) in [7, 11) is 0. The smallest absolute Gasteiger partial charge is 0.307 e. The first-order chi connectivity index (χ1) is 5.75. The zero-order valence-electron chi connectivity index (χ0n) is 7.03. The van der Waals surface area contributed by atoms with Crippen LogP contribution in [0, 0.1) is 5.92 Å². The minimum Gasteiger partial charge on any atom is -0.481 e. The molecule has 0 heterocycles. The summed E-state index contributed by atoms with van der Waals surface area (Å²) >= 11 is 1.76. The van der Waals surface area contributed by atoms with Gasteiger partial charge in [-0.3, -0.25) is 4.79 Å². The molecule has 2 atom stereocenters. The number of nitrogens with two attached hydrogens (primary N) is 1. The molecule has 4 heteroatoms. The number of rotatable bonds is 5. The fraction of sp³-hybridized carbons (Fsp3) is 0.875. The first-order valence-electron chi connectivity index (χ1n) is 4.30. The number of thioether (sulfide) groups is 1. The lowest BCUT2D eigenvalue weighted by atomic mass is 9.85. The summed E-state index contributed by atoms with van der Waals surface area (Å²) in [5.41, 5.74) is 5.34. The lowest BCUT2D eigenvalue weighted by Crippen LogP contribution is -2.35. The number of hydrogen-bond donors (Lipinski definition) is 2. The number of carboxylic acid groups (broad SMARTS) is 1. The minimum absolute atomic E-state index is 0.0900. The van der Waals surface area contributed by atoms with Crippen LogP contribution in [0.1, 0.15) is 19.3 Å². The third kappa shape index (κ3) is 2.38. The van der Waals surface area contributed by atoms with E-state index in [1.807, 2.05) is 0 Å². The van der Waals surface area contributed by atoms with Gasteiger partial charge in [0.25, 0.3) is 0 Å². The summed E-state index contributed by atoms with van der Waals surface area (Å²) in [6, 6.07) is 0. The lowest BCUT2D eigenvalue weighted by molar-refractivity contribution is -0.144. The standard InChI is InChI=1S/C8H15NO2S/c9-4-1-5-12-7-3-2-6(7)8(10)11/h6-7H,1-5,9H2,(H,10,11). The van der Waals surface area contributed by atoms with Crippen molar-refractivity contribution in [2.45, 2.75) is 24.5 Å². The van der Waals surface area contributed by atoms with Gasteiger partial charge in [-0.1, -0.05) is 0 Å². The van der Waals surface area contributed by atoms with Gasteiger partial charge < -0.3 is 10.8 Å². The maximum Gasteiger partial charge on any atom is 0.307 e. The average molecular weight is 189 g/mol. The molecule has 0 aliphatic heterocycles. The van der Waals surface area contributed by atoms with Gasteiger partial charge in [-0.25, -0.2) is 0 Å². The Labute approximate surface area is 76.7 Å². The third-order valence-corrected chi connectivity index (χ3v) is 3.73. The van der Waals surface area contributed by atoms with E-state index in [0.717, 1.165) is 25.0 Å². The lowest BCUT2D eigenvalue weighted by Gasteiger charge is -2.32. The van der Waals surface area contributed by atoms with Crippen molar-refractivity contribution in [1.29, 1.82) is 0 Å². The van der Waals surface area contributed by atoms with Gasteiger partial charge in [0.2, 0.25) is 0 Å². The Morgan fingerprint density at radius 1 is 1.58 bits per heavy atom. The second-order valence-electron chi connectivity index (χ2n) is 3.07. The van der Waals surface area contributed by atoms with Crippen molar-refractivity contribution >= 4 is 17.7 Å². The Kier molecular flexibility index (Phi) is 3.88. The van der Waals surface area contributed by atoms with Crippen molar-refractivity contribution in [3.8, 4) is 0 Å². The van der Waals surface area contributed by atoms with E-state index in [0.29, 0.717) is 11.8 Å². The molecule has 0 bridgehead atoms. The molecular formula is C8H15NO2S. The topological polar surface area (TPSA) is 63.3 Å². The number of hydrogen-bond acceptors (Lipinski definition) is 3. The first-order valence-corrected chi connectivity index (χ1v) is 5.35. The van der Waals surface area contributed by atoms with E-state index in [4.69, 9.17) is 10.8 Å². The van der Waals surface area contributed by atoms with E-state index >= 15 is 0 Å². The van der Waals surface area contributed by atoms with Crippen LogP contribution in [0.3, 0.4) is 0 Å². The molecule has 2 unspecified atom stereocenters. The van der Waals surface area contributed by atoms with E-state index in [1.54, 1.807) is 11.8 Å². The van der Waals surface area contributed by atoms with Crippen LogP contribution in [0.25, 0.3) is 0 Å². The maximum absolute atomic E-state index is 10.6. The van der Waals surface area contributed by atoms with Gasteiger partial charge in [0.05, 0.1) is 5.92 Å². The summed E-state index contributed by atoms with van der Waals surface area (Å²) < 4.78 is 0. The van der Waals surface area contributed by atoms with Gasteiger partial charge in [-0.05, 0) is 31.6 Å². The quantitative estimate of drug-likeness (QED) is 0.632. The highest BCUT2D eigenvalue weighted by atomic mass is 32.2. The largest absolute Gasteiger partial charge is 0.481 e. The van der Waals surface area contributed by atoms with Crippen LogP contribution in [0.2, 0.25) is 0 Å². The van der Waals surface area contributed by atoms with Gasteiger partial charge in [0, 0.05) is 5.25 Å². The van der Waals surface area contributed by atoms with Crippen LogP contribution in [-0.4, -0.2) is 28.6 Å². The van der Waals surface area contributed by atoms with E-state index in [2.05, 4.69) is 0 Å². The number of carboxylic acids is 1. The molecule has 70 valence electrons. The maximum atomic E-state index is 10.6. The van der Waals surface area contributed by atoms with E-state index in [9.17, 15) is 4.79 Å². The minimum atomic E-state index is -0.633. The summed E-state index contributed by atoms with van der Waals surface area (Å²) in [5.74, 6) is 0.282. The molecule has 12 heavy (non-hydrogen) atoms. The Bertz CT molecular complexity index is 163. The van der Waals surface area contributed by atoms with Gasteiger partial charge in [0.1, 0.15) is 0 Å². The van der Waals surface area contributed by atoms with Crippen molar-refractivity contribution < 1.29 is 9.90 Å². The van der Waals surface area contributed by atoms with Crippen LogP contribution < -0.4 is 5.73 Å². The Hall–Kier alpha value is -0.220. The van der Waals surface area contributed by atoms with Gasteiger partial charge in [0.15, 0.2) is 0 Å².